The van der Waals surface area contributed by atoms with E-state index < -0.39 is 0 Å². The van der Waals surface area contributed by atoms with Gasteiger partial charge in [-0.25, -0.2) is 0 Å². The number of aromatic nitrogens is 2. The van der Waals surface area contributed by atoms with E-state index in [1.54, 1.807) is 0 Å². The monoisotopic (exact) mass is 472 g/mol. The third kappa shape index (κ3) is 4.15. The van der Waals surface area contributed by atoms with E-state index in [4.69, 9.17) is 17.2 Å². The van der Waals surface area contributed by atoms with Crippen molar-refractivity contribution in [2.75, 3.05) is 4.90 Å². The van der Waals surface area contributed by atoms with Crippen LogP contribution in [-0.4, -0.2) is 14.7 Å². The third-order valence-electron chi connectivity index (χ3n) is 7.72. The number of hydrogen-bond acceptors (Lipinski definition) is 2. The minimum Gasteiger partial charge on any atom is -0.351 e. The largest absolute Gasteiger partial charge is 0.351 e. The fourth-order valence-corrected chi connectivity index (χ4v) is 6.32. The van der Waals surface area contributed by atoms with E-state index in [0.717, 1.165) is 16.5 Å². The number of hydrogen-bond donors (Lipinski definition) is 1. The van der Waals surface area contributed by atoms with Gasteiger partial charge in [0.25, 0.3) is 0 Å². The smallest absolute Gasteiger partial charge is 0.174 e. The maximum Gasteiger partial charge on any atom is 0.174 e. The van der Waals surface area contributed by atoms with Crippen LogP contribution in [0.3, 0.4) is 0 Å². The molecule has 34 heavy (non-hydrogen) atoms. The molecule has 0 unspecified atom stereocenters. The molecule has 4 nitrogen and oxygen atoms in total. The first-order valence-electron chi connectivity index (χ1n) is 12.7. The Morgan fingerprint density at radius 3 is 2.38 bits per heavy atom. The molecule has 5 rings (SSSR count). The molecule has 2 aromatic heterocycles. The van der Waals surface area contributed by atoms with E-state index in [1.807, 2.05) is 12.3 Å². The van der Waals surface area contributed by atoms with Gasteiger partial charge in [0.15, 0.2) is 5.11 Å². The Hall–Kier alpha value is -2.66. The third-order valence-corrected chi connectivity index (χ3v) is 8.03. The van der Waals surface area contributed by atoms with Crippen molar-refractivity contribution in [2.24, 2.45) is 0 Å². The van der Waals surface area contributed by atoms with E-state index in [-0.39, 0.29) is 12.1 Å². The highest BCUT2D eigenvalue weighted by molar-refractivity contribution is 7.80. The second-order valence-corrected chi connectivity index (χ2v) is 10.6. The van der Waals surface area contributed by atoms with Crippen molar-refractivity contribution in [1.82, 2.24) is 14.9 Å². The lowest BCUT2D eigenvalue weighted by Gasteiger charge is -2.30. The second kappa shape index (κ2) is 9.53. The Bertz CT molecular complexity index is 1140. The van der Waals surface area contributed by atoms with Crippen LogP contribution in [0.2, 0.25) is 0 Å². The molecule has 1 saturated carbocycles. The maximum atomic E-state index is 5.95. The summed E-state index contributed by atoms with van der Waals surface area (Å²) in [7, 11) is 0. The molecule has 1 aliphatic carbocycles. The number of anilines is 1. The lowest BCUT2D eigenvalue weighted by Crippen LogP contribution is -2.29. The van der Waals surface area contributed by atoms with Crippen molar-refractivity contribution in [2.45, 2.75) is 83.8 Å². The Morgan fingerprint density at radius 1 is 1.00 bits per heavy atom. The molecule has 0 spiro atoms. The summed E-state index contributed by atoms with van der Waals surface area (Å²) in [5, 5.41) is 4.39. The van der Waals surface area contributed by atoms with E-state index in [1.165, 1.54) is 54.6 Å². The van der Waals surface area contributed by atoms with Gasteiger partial charge in [0.1, 0.15) is 0 Å². The zero-order valence-corrected chi connectivity index (χ0v) is 21.6. The Balaban J connectivity index is 1.61. The number of nitrogens with one attached hydrogen (secondary N) is 1. The van der Waals surface area contributed by atoms with Crippen LogP contribution in [0.25, 0.3) is 0 Å². The highest BCUT2D eigenvalue weighted by Crippen LogP contribution is 2.44. The first-order chi connectivity index (χ1) is 16.5. The molecule has 1 N–H and O–H groups in total. The Kier molecular flexibility index (Phi) is 6.48. The quantitative estimate of drug-likeness (QED) is 0.395. The topological polar surface area (TPSA) is 33.1 Å². The van der Waals surface area contributed by atoms with Gasteiger partial charge < -0.3 is 14.8 Å². The molecule has 3 aromatic rings. The van der Waals surface area contributed by atoms with E-state index in [0.29, 0.717) is 12.0 Å². The summed E-state index contributed by atoms with van der Waals surface area (Å²) in [6.45, 7) is 9.03. The number of pyridine rings is 1. The van der Waals surface area contributed by atoms with Crippen LogP contribution in [0.1, 0.15) is 98.2 Å². The standard InChI is InChI=1S/C29H36N4S/c1-19(2)22-13-15-24(16-14-22)33-28(27(31-29(33)34)26-12-8-9-17-30-26)25-18-20(3)32(21(25)4)23-10-6-5-7-11-23/h8-9,12-19,23,27-28H,5-7,10-11H2,1-4H3,(H,31,34)/t27-,28+/m1/s1. The number of thiocarbonyl (C=S) groups is 1. The van der Waals surface area contributed by atoms with E-state index >= 15 is 0 Å². The molecule has 1 saturated heterocycles. The van der Waals surface area contributed by atoms with Crippen LogP contribution in [0.4, 0.5) is 5.69 Å². The van der Waals surface area contributed by atoms with Crippen molar-refractivity contribution in [1.29, 1.82) is 0 Å². The number of nitrogens with zero attached hydrogens (tertiary/aromatic N) is 3. The molecule has 1 aliphatic heterocycles. The normalized spacial score (nSPS) is 21.3. The predicted molar refractivity (Wildman–Crippen MR) is 144 cm³/mol. The number of rotatable bonds is 5. The van der Waals surface area contributed by atoms with Crippen molar-refractivity contribution < 1.29 is 0 Å². The molecule has 2 fully saturated rings. The molecule has 0 bridgehead atoms. The van der Waals surface area contributed by atoms with Gasteiger partial charge in [0.05, 0.1) is 17.8 Å². The molecule has 5 heteroatoms. The Morgan fingerprint density at radius 2 is 1.74 bits per heavy atom. The minimum atomic E-state index is -0.00113. The van der Waals surface area contributed by atoms with Gasteiger partial charge in [0.2, 0.25) is 0 Å². The molecule has 2 atom stereocenters. The first-order valence-corrected chi connectivity index (χ1v) is 13.2. The molecule has 178 valence electrons. The van der Waals surface area contributed by atoms with Crippen molar-refractivity contribution in [3.8, 4) is 0 Å². The maximum absolute atomic E-state index is 5.95. The van der Waals surface area contributed by atoms with Crippen LogP contribution in [-0.2, 0) is 0 Å². The summed E-state index contributed by atoms with van der Waals surface area (Å²) in [5.41, 5.74) is 7.57. The van der Waals surface area contributed by atoms with Crippen molar-refractivity contribution in [3.63, 3.8) is 0 Å². The van der Waals surface area contributed by atoms with E-state index in [2.05, 4.69) is 84.9 Å². The lowest BCUT2D eigenvalue weighted by atomic mass is 9.94. The lowest BCUT2D eigenvalue weighted by molar-refractivity contribution is 0.345. The van der Waals surface area contributed by atoms with Gasteiger partial charge in [-0.05, 0) is 86.3 Å². The predicted octanol–water partition coefficient (Wildman–Crippen LogP) is 7.31. The van der Waals surface area contributed by atoms with Crippen LogP contribution in [0.15, 0.2) is 54.7 Å². The molecule has 1 aromatic carbocycles. The molecule has 0 amide bonds. The average molecular weight is 473 g/mol. The number of benzene rings is 1. The average Bonchev–Trinajstić information content (AvgIpc) is 3.35. The van der Waals surface area contributed by atoms with Gasteiger partial charge in [-0.1, -0.05) is 51.3 Å². The molecule has 3 heterocycles. The molecular formula is C29H36N4S. The fourth-order valence-electron chi connectivity index (χ4n) is 5.97. The molecule has 2 aliphatic rings. The number of aryl methyl sites for hydroxylation is 1. The molecular weight excluding hydrogens is 436 g/mol. The van der Waals surface area contributed by atoms with Crippen LogP contribution in [0, 0.1) is 13.8 Å². The zero-order valence-electron chi connectivity index (χ0n) is 20.8. The van der Waals surface area contributed by atoms with Gasteiger partial charge in [-0.2, -0.15) is 0 Å². The van der Waals surface area contributed by atoms with Crippen molar-refractivity contribution in [3.05, 3.63) is 82.9 Å². The summed E-state index contributed by atoms with van der Waals surface area (Å²) in [5.74, 6) is 0.504. The summed E-state index contributed by atoms with van der Waals surface area (Å²) in [6.07, 6.45) is 8.46. The van der Waals surface area contributed by atoms with E-state index in [9.17, 15) is 0 Å². The summed E-state index contributed by atoms with van der Waals surface area (Å²) in [6, 6.07) is 18.1. The highest BCUT2D eigenvalue weighted by atomic mass is 32.1. The summed E-state index contributed by atoms with van der Waals surface area (Å²) in [4.78, 5) is 7.04. The van der Waals surface area contributed by atoms with Gasteiger partial charge in [-0.15, -0.1) is 0 Å². The zero-order chi connectivity index (χ0) is 23.8. The second-order valence-electron chi connectivity index (χ2n) is 10.2. The van der Waals surface area contributed by atoms with Gasteiger partial charge in [0, 0.05) is 29.3 Å². The van der Waals surface area contributed by atoms with Crippen LogP contribution < -0.4 is 10.2 Å². The Labute approximate surface area is 209 Å². The van der Waals surface area contributed by atoms with Gasteiger partial charge in [-0.3, -0.25) is 4.98 Å². The summed E-state index contributed by atoms with van der Waals surface area (Å²) >= 11 is 5.95. The summed E-state index contributed by atoms with van der Waals surface area (Å²) < 4.78 is 2.60. The fraction of sp³-hybridized carbons (Fsp3) is 0.448. The highest BCUT2D eigenvalue weighted by Gasteiger charge is 2.42. The minimum absolute atomic E-state index is 0.00113. The first kappa shape index (κ1) is 23.1. The van der Waals surface area contributed by atoms with Gasteiger partial charge >= 0.3 is 0 Å². The van der Waals surface area contributed by atoms with Crippen LogP contribution in [0.5, 0.6) is 0 Å². The van der Waals surface area contributed by atoms with Crippen LogP contribution >= 0.6 is 12.2 Å². The molecule has 0 radical (unpaired) electrons. The SMILES string of the molecule is Cc1cc([C@H]2[C@@H](c3ccccn3)NC(=S)N2c2ccc(C(C)C)cc2)c(C)n1C1CCCCC1. The van der Waals surface area contributed by atoms with Crippen molar-refractivity contribution >= 4 is 23.0 Å².